The molecule has 1 heterocycles. The van der Waals surface area contributed by atoms with Crippen LogP contribution in [0, 0.1) is 11.3 Å². The molecule has 96 valence electrons. The quantitative estimate of drug-likeness (QED) is 0.866. The third-order valence-corrected chi connectivity index (χ3v) is 3.73. The predicted molar refractivity (Wildman–Crippen MR) is 78.9 cm³/mol. The van der Waals surface area contributed by atoms with Crippen molar-refractivity contribution in [1.29, 1.82) is 0 Å². The van der Waals surface area contributed by atoms with Gasteiger partial charge >= 0.3 is 0 Å². The average molecular weight is 242 g/mol. The van der Waals surface area contributed by atoms with Crippen LogP contribution in [-0.2, 0) is 0 Å². The molecule has 0 aliphatic carbocycles. The van der Waals surface area contributed by atoms with E-state index in [0.717, 1.165) is 12.4 Å². The number of nitrogens with one attached hydrogen (secondary N) is 1. The Morgan fingerprint density at radius 1 is 1.17 bits per heavy atom. The normalized spacial score (nSPS) is 13.6. The van der Waals surface area contributed by atoms with Crippen molar-refractivity contribution in [2.45, 2.75) is 27.7 Å². The van der Waals surface area contributed by atoms with E-state index in [4.69, 9.17) is 0 Å². The van der Waals surface area contributed by atoms with Crippen molar-refractivity contribution >= 4 is 16.6 Å². The van der Waals surface area contributed by atoms with Crippen molar-refractivity contribution in [3.63, 3.8) is 0 Å². The number of hydrogen-bond donors (Lipinski definition) is 1. The summed E-state index contributed by atoms with van der Waals surface area (Å²) in [4.78, 5) is 4.45. The fourth-order valence-corrected chi connectivity index (χ4v) is 1.82. The lowest BCUT2D eigenvalue weighted by Crippen LogP contribution is -2.25. The molecule has 0 aliphatic rings. The van der Waals surface area contributed by atoms with E-state index in [-0.39, 0.29) is 0 Å². The summed E-state index contributed by atoms with van der Waals surface area (Å²) < 4.78 is 0. The predicted octanol–water partition coefficient (Wildman–Crippen LogP) is 4.33. The molecule has 2 aromatic rings. The van der Waals surface area contributed by atoms with Crippen LogP contribution in [0.2, 0.25) is 0 Å². The van der Waals surface area contributed by atoms with Crippen LogP contribution in [0.25, 0.3) is 10.8 Å². The largest absolute Gasteiger partial charge is 0.369 e. The van der Waals surface area contributed by atoms with Gasteiger partial charge in [-0.3, -0.25) is 0 Å². The number of hydrogen-bond acceptors (Lipinski definition) is 2. The van der Waals surface area contributed by atoms with Crippen molar-refractivity contribution in [2.75, 3.05) is 11.9 Å². The average Bonchev–Trinajstić information content (AvgIpc) is 2.34. The third-order valence-electron chi connectivity index (χ3n) is 3.73. The Morgan fingerprint density at radius 2 is 1.89 bits per heavy atom. The van der Waals surface area contributed by atoms with Gasteiger partial charge in [0.1, 0.15) is 5.82 Å². The molecule has 1 N–H and O–H groups in total. The Kier molecular flexibility index (Phi) is 3.55. The Labute approximate surface area is 109 Å². The maximum absolute atomic E-state index is 4.45. The van der Waals surface area contributed by atoms with Gasteiger partial charge in [-0.1, -0.05) is 52.0 Å². The van der Waals surface area contributed by atoms with Crippen molar-refractivity contribution in [3.05, 3.63) is 36.5 Å². The van der Waals surface area contributed by atoms with E-state index in [2.05, 4.69) is 62.3 Å². The van der Waals surface area contributed by atoms with Crippen LogP contribution in [0.3, 0.4) is 0 Å². The topological polar surface area (TPSA) is 24.9 Å². The first-order chi connectivity index (χ1) is 8.48. The highest BCUT2D eigenvalue weighted by Gasteiger charge is 2.19. The standard InChI is InChI=1S/C16H22N2/c1-12(16(2,3)4)11-18-15-14-8-6-5-7-13(14)9-10-17-15/h5-10,12H,11H2,1-4H3,(H,17,18). The lowest BCUT2D eigenvalue weighted by molar-refractivity contribution is 0.274. The van der Waals surface area contributed by atoms with Gasteiger partial charge in [0.05, 0.1) is 0 Å². The SMILES string of the molecule is CC(CNc1nccc2ccccc12)C(C)(C)C. The lowest BCUT2D eigenvalue weighted by atomic mass is 9.82. The van der Waals surface area contributed by atoms with E-state index in [0.29, 0.717) is 11.3 Å². The molecule has 0 spiro atoms. The summed E-state index contributed by atoms with van der Waals surface area (Å²) >= 11 is 0. The molecule has 18 heavy (non-hydrogen) atoms. The molecular formula is C16H22N2. The van der Waals surface area contributed by atoms with E-state index < -0.39 is 0 Å². The van der Waals surface area contributed by atoms with Gasteiger partial charge in [0.2, 0.25) is 0 Å². The minimum Gasteiger partial charge on any atom is -0.369 e. The summed E-state index contributed by atoms with van der Waals surface area (Å²) in [5, 5.41) is 5.91. The van der Waals surface area contributed by atoms with Gasteiger partial charge in [-0.25, -0.2) is 4.98 Å². The van der Waals surface area contributed by atoms with Gasteiger partial charge in [-0.15, -0.1) is 0 Å². The number of rotatable bonds is 3. The van der Waals surface area contributed by atoms with Crippen LogP contribution < -0.4 is 5.32 Å². The number of benzene rings is 1. The number of pyridine rings is 1. The van der Waals surface area contributed by atoms with Crippen LogP contribution in [0.5, 0.6) is 0 Å². The van der Waals surface area contributed by atoms with Crippen molar-refractivity contribution < 1.29 is 0 Å². The lowest BCUT2D eigenvalue weighted by Gasteiger charge is -2.27. The fraction of sp³-hybridized carbons (Fsp3) is 0.438. The van der Waals surface area contributed by atoms with Gasteiger partial charge in [0.15, 0.2) is 0 Å². The maximum atomic E-state index is 4.45. The van der Waals surface area contributed by atoms with Gasteiger partial charge in [0, 0.05) is 18.1 Å². The van der Waals surface area contributed by atoms with E-state index in [9.17, 15) is 0 Å². The molecular weight excluding hydrogens is 220 g/mol. The molecule has 1 aromatic heterocycles. The molecule has 0 amide bonds. The molecule has 0 radical (unpaired) electrons. The van der Waals surface area contributed by atoms with Crippen molar-refractivity contribution in [2.24, 2.45) is 11.3 Å². The monoisotopic (exact) mass is 242 g/mol. The molecule has 0 saturated carbocycles. The molecule has 2 nitrogen and oxygen atoms in total. The Bertz CT molecular complexity index is 521. The number of anilines is 1. The van der Waals surface area contributed by atoms with E-state index in [1.807, 2.05) is 12.3 Å². The van der Waals surface area contributed by atoms with Gasteiger partial charge in [-0.05, 0) is 22.8 Å². The summed E-state index contributed by atoms with van der Waals surface area (Å²) in [5.41, 5.74) is 0.317. The molecule has 1 aromatic carbocycles. The molecule has 2 heteroatoms. The maximum Gasteiger partial charge on any atom is 0.133 e. The summed E-state index contributed by atoms with van der Waals surface area (Å²) in [5.74, 6) is 1.59. The first-order valence-corrected chi connectivity index (χ1v) is 6.56. The summed E-state index contributed by atoms with van der Waals surface area (Å²) in [6.07, 6.45) is 1.87. The Balaban J connectivity index is 2.18. The smallest absolute Gasteiger partial charge is 0.133 e. The molecule has 0 bridgehead atoms. The zero-order valence-electron chi connectivity index (χ0n) is 11.7. The van der Waals surface area contributed by atoms with E-state index in [1.165, 1.54) is 10.8 Å². The summed E-state index contributed by atoms with van der Waals surface area (Å²) in [6, 6.07) is 10.4. The highest BCUT2D eigenvalue weighted by molar-refractivity contribution is 5.91. The van der Waals surface area contributed by atoms with Crippen LogP contribution in [-0.4, -0.2) is 11.5 Å². The molecule has 2 rings (SSSR count). The molecule has 1 atom stereocenters. The molecule has 0 saturated heterocycles. The molecule has 1 unspecified atom stereocenters. The first-order valence-electron chi connectivity index (χ1n) is 6.56. The van der Waals surface area contributed by atoms with E-state index >= 15 is 0 Å². The fourth-order valence-electron chi connectivity index (χ4n) is 1.82. The number of nitrogens with zero attached hydrogens (tertiary/aromatic N) is 1. The highest BCUT2D eigenvalue weighted by atomic mass is 15.0. The molecule has 0 fully saturated rings. The minimum atomic E-state index is 0.317. The number of aromatic nitrogens is 1. The highest BCUT2D eigenvalue weighted by Crippen LogP contribution is 2.26. The second-order valence-corrected chi connectivity index (χ2v) is 6.03. The zero-order chi connectivity index (χ0) is 13.2. The van der Waals surface area contributed by atoms with Gasteiger partial charge < -0.3 is 5.32 Å². The summed E-state index contributed by atoms with van der Waals surface area (Å²) in [6.45, 7) is 10.0. The van der Waals surface area contributed by atoms with Crippen molar-refractivity contribution in [1.82, 2.24) is 4.98 Å². The van der Waals surface area contributed by atoms with Crippen LogP contribution >= 0.6 is 0 Å². The Hall–Kier alpha value is -1.57. The third kappa shape index (κ3) is 2.81. The summed E-state index contributed by atoms with van der Waals surface area (Å²) in [7, 11) is 0. The second kappa shape index (κ2) is 4.97. The van der Waals surface area contributed by atoms with Crippen molar-refractivity contribution in [3.8, 4) is 0 Å². The number of fused-ring (bicyclic) bond motifs is 1. The van der Waals surface area contributed by atoms with Gasteiger partial charge in [0.25, 0.3) is 0 Å². The second-order valence-electron chi connectivity index (χ2n) is 6.03. The van der Waals surface area contributed by atoms with Gasteiger partial charge in [-0.2, -0.15) is 0 Å². The van der Waals surface area contributed by atoms with Crippen LogP contribution in [0.15, 0.2) is 36.5 Å². The van der Waals surface area contributed by atoms with Crippen LogP contribution in [0.1, 0.15) is 27.7 Å². The van der Waals surface area contributed by atoms with Crippen LogP contribution in [0.4, 0.5) is 5.82 Å². The molecule has 0 aliphatic heterocycles. The zero-order valence-corrected chi connectivity index (χ0v) is 11.7. The minimum absolute atomic E-state index is 0.317. The Morgan fingerprint density at radius 3 is 2.61 bits per heavy atom. The first kappa shape index (κ1) is 12.9. The van der Waals surface area contributed by atoms with E-state index in [1.54, 1.807) is 0 Å².